The van der Waals surface area contributed by atoms with Gasteiger partial charge in [0.1, 0.15) is 5.75 Å². The zero-order valence-electron chi connectivity index (χ0n) is 22.9. The van der Waals surface area contributed by atoms with E-state index in [0.29, 0.717) is 54.6 Å². The topological polar surface area (TPSA) is 91.2 Å². The molecule has 0 bridgehead atoms. The van der Waals surface area contributed by atoms with E-state index in [1.54, 1.807) is 37.9 Å². The molecule has 1 aromatic heterocycles. The molecule has 4 aromatic rings. The zero-order valence-corrected chi connectivity index (χ0v) is 25.3. The summed E-state index contributed by atoms with van der Waals surface area (Å²) >= 11 is 4.79. The Bertz CT molecular complexity index is 1810. The van der Waals surface area contributed by atoms with Gasteiger partial charge in [-0.2, -0.15) is 0 Å². The molecule has 210 valence electrons. The van der Waals surface area contributed by atoms with Crippen LogP contribution in [0.4, 0.5) is 5.69 Å². The van der Waals surface area contributed by atoms with Crippen LogP contribution < -0.4 is 34.4 Å². The number of nitrogens with one attached hydrogen (secondary N) is 1. The molecule has 1 aliphatic rings. The summed E-state index contributed by atoms with van der Waals surface area (Å²) in [5.41, 5.74) is 2.85. The van der Waals surface area contributed by atoms with Gasteiger partial charge in [-0.05, 0) is 83.4 Å². The van der Waals surface area contributed by atoms with Gasteiger partial charge in [-0.1, -0.05) is 41.7 Å². The van der Waals surface area contributed by atoms with Crippen molar-refractivity contribution in [3.63, 3.8) is 0 Å². The van der Waals surface area contributed by atoms with E-state index in [1.807, 2.05) is 67.6 Å². The molecule has 5 rings (SSSR count). The lowest BCUT2D eigenvalue weighted by molar-refractivity contribution is -0.113. The number of hydrogen-bond acceptors (Lipinski definition) is 7. The van der Waals surface area contributed by atoms with Crippen molar-refractivity contribution in [3.05, 3.63) is 113 Å². The Balaban J connectivity index is 1.66. The Morgan fingerprint density at radius 1 is 1.10 bits per heavy atom. The van der Waals surface area contributed by atoms with Gasteiger partial charge in [0.05, 0.1) is 47.1 Å². The van der Waals surface area contributed by atoms with Crippen molar-refractivity contribution in [3.8, 4) is 17.2 Å². The van der Waals surface area contributed by atoms with Crippen LogP contribution in [0.3, 0.4) is 0 Å². The first-order valence-corrected chi connectivity index (χ1v) is 14.5. The molecule has 0 fully saturated rings. The highest BCUT2D eigenvalue weighted by Gasteiger charge is 2.32. The molecule has 0 saturated heterocycles. The number of fused-ring (bicyclic) bond motifs is 1. The smallest absolute Gasteiger partial charge is 0.271 e. The fourth-order valence-corrected chi connectivity index (χ4v) is 6.40. The molecule has 8 nitrogen and oxygen atoms in total. The Kier molecular flexibility index (Phi) is 8.41. The average Bonchev–Trinajstić information content (AvgIpc) is 3.26. The summed E-state index contributed by atoms with van der Waals surface area (Å²) < 4.78 is 19.3. The molecule has 0 unspecified atom stereocenters. The van der Waals surface area contributed by atoms with Crippen LogP contribution in [-0.4, -0.2) is 31.3 Å². The summed E-state index contributed by atoms with van der Waals surface area (Å²) in [5, 5.41) is 2.97. The first kappa shape index (κ1) is 28.4. The van der Waals surface area contributed by atoms with Crippen LogP contribution >= 0.6 is 27.3 Å². The Morgan fingerprint density at radius 2 is 1.83 bits per heavy atom. The molecule has 41 heavy (non-hydrogen) atoms. The van der Waals surface area contributed by atoms with E-state index >= 15 is 0 Å². The molecule has 0 aliphatic carbocycles. The van der Waals surface area contributed by atoms with Crippen LogP contribution in [0.15, 0.2) is 92.3 Å². The number of nitrogens with zero attached hydrogens (tertiary/aromatic N) is 2. The second-order valence-corrected chi connectivity index (χ2v) is 11.0. The molecule has 0 spiro atoms. The van der Waals surface area contributed by atoms with Crippen LogP contribution in [-0.2, 0) is 4.79 Å². The minimum absolute atomic E-state index is 0.254. The number of halogens is 1. The first-order chi connectivity index (χ1) is 19.8. The second-order valence-electron chi connectivity index (χ2n) is 9.14. The van der Waals surface area contributed by atoms with Crippen LogP contribution in [0.1, 0.15) is 31.0 Å². The van der Waals surface area contributed by atoms with Crippen molar-refractivity contribution < 1.29 is 19.0 Å². The lowest BCUT2D eigenvalue weighted by Gasteiger charge is -2.25. The average molecular weight is 635 g/mol. The number of methoxy groups -OCH3 is 2. The first-order valence-electron chi connectivity index (χ1n) is 12.9. The second kappa shape index (κ2) is 12.2. The number of thiazole rings is 1. The van der Waals surface area contributed by atoms with E-state index in [4.69, 9.17) is 19.2 Å². The van der Waals surface area contributed by atoms with Crippen LogP contribution in [0.2, 0.25) is 0 Å². The third-order valence-corrected chi connectivity index (χ3v) is 8.13. The SMILES string of the molecule is CCOc1ccc([C@H]2C(C(=O)Nc3ccccc3)=C(C)N=c3s/c(=C\c4cc(Br)c(OC)c(OC)c4)c(=O)n32)cc1. The van der Waals surface area contributed by atoms with E-state index < -0.39 is 6.04 Å². The fraction of sp³-hybridized carbons (Fsp3) is 0.194. The van der Waals surface area contributed by atoms with Gasteiger partial charge in [-0.15, -0.1) is 0 Å². The molecule has 3 aromatic carbocycles. The third-order valence-electron chi connectivity index (χ3n) is 6.56. The number of carbonyl (C=O) groups excluding carboxylic acids is 1. The number of benzene rings is 3. The summed E-state index contributed by atoms with van der Waals surface area (Å²) in [5.74, 6) is 1.48. The van der Waals surface area contributed by atoms with Gasteiger partial charge in [0.2, 0.25) is 0 Å². The zero-order chi connectivity index (χ0) is 29.1. The lowest BCUT2D eigenvalue weighted by Crippen LogP contribution is -2.40. The predicted octanol–water partition coefficient (Wildman–Crippen LogP) is 5.05. The normalized spacial score (nSPS) is 14.8. The standard InChI is InChI=1S/C31H28BrN3O5S/c1-5-40-22-13-11-20(12-14-22)27-26(29(36)34-21-9-7-6-8-10-21)18(2)33-31-35(27)30(37)25(41-31)17-19-15-23(32)28(39-4)24(16-19)38-3/h6-17,27H,5H2,1-4H3,(H,34,36)/b25-17-/t27-/m0/s1. The van der Waals surface area contributed by atoms with Crippen molar-refractivity contribution in [2.24, 2.45) is 4.99 Å². The minimum atomic E-state index is -0.690. The number of allylic oxidation sites excluding steroid dienone is 1. The largest absolute Gasteiger partial charge is 0.494 e. The van der Waals surface area contributed by atoms with Crippen LogP contribution in [0, 0.1) is 0 Å². The molecule has 2 heterocycles. The highest BCUT2D eigenvalue weighted by molar-refractivity contribution is 9.10. The van der Waals surface area contributed by atoms with Gasteiger partial charge in [0.15, 0.2) is 16.3 Å². The summed E-state index contributed by atoms with van der Waals surface area (Å²) in [6.07, 6.45) is 1.79. The van der Waals surface area contributed by atoms with Gasteiger partial charge >= 0.3 is 0 Å². The quantitative estimate of drug-likeness (QED) is 0.293. The van der Waals surface area contributed by atoms with Gasteiger partial charge in [-0.25, -0.2) is 4.99 Å². The number of para-hydroxylation sites is 1. The van der Waals surface area contributed by atoms with Crippen molar-refractivity contribution >= 4 is 44.9 Å². The number of amides is 1. The molecular formula is C31H28BrN3O5S. The molecule has 1 amide bonds. The Labute approximate surface area is 249 Å². The van der Waals surface area contributed by atoms with E-state index in [2.05, 4.69) is 21.2 Å². The Morgan fingerprint density at radius 3 is 2.49 bits per heavy atom. The highest BCUT2D eigenvalue weighted by atomic mass is 79.9. The van der Waals surface area contributed by atoms with Crippen LogP contribution in [0.25, 0.3) is 6.08 Å². The number of anilines is 1. The summed E-state index contributed by atoms with van der Waals surface area (Å²) in [4.78, 5) is 32.9. The maximum Gasteiger partial charge on any atom is 0.271 e. The maximum atomic E-state index is 14.0. The molecule has 0 radical (unpaired) electrons. The third kappa shape index (κ3) is 5.71. The number of hydrogen-bond donors (Lipinski definition) is 1. The molecule has 1 N–H and O–H groups in total. The molecule has 1 atom stereocenters. The van der Waals surface area contributed by atoms with Gasteiger partial charge < -0.3 is 19.5 Å². The van der Waals surface area contributed by atoms with Crippen molar-refractivity contribution in [1.82, 2.24) is 4.57 Å². The summed E-state index contributed by atoms with van der Waals surface area (Å²) in [6, 6.07) is 19.6. The maximum absolute atomic E-state index is 14.0. The molecule has 1 aliphatic heterocycles. The van der Waals surface area contributed by atoms with Gasteiger partial charge in [0.25, 0.3) is 11.5 Å². The van der Waals surface area contributed by atoms with E-state index in [1.165, 1.54) is 11.3 Å². The summed E-state index contributed by atoms with van der Waals surface area (Å²) in [7, 11) is 3.12. The Hall–Kier alpha value is -4.15. The summed E-state index contributed by atoms with van der Waals surface area (Å²) in [6.45, 7) is 4.25. The fourth-order valence-electron chi connectivity index (χ4n) is 4.73. The van der Waals surface area contributed by atoms with Crippen molar-refractivity contribution in [2.75, 3.05) is 26.1 Å². The monoisotopic (exact) mass is 633 g/mol. The highest BCUT2D eigenvalue weighted by Crippen LogP contribution is 2.36. The number of aromatic nitrogens is 1. The van der Waals surface area contributed by atoms with E-state index in [-0.39, 0.29) is 11.5 Å². The number of rotatable bonds is 8. The van der Waals surface area contributed by atoms with E-state index in [9.17, 15) is 9.59 Å². The molecule has 0 saturated carbocycles. The van der Waals surface area contributed by atoms with E-state index in [0.717, 1.165) is 11.1 Å². The minimum Gasteiger partial charge on any atom is -0.494 e. The number of carbonyl (C=O) groups is 1. The van der Waals surface area contributed by atoms with Gasteiger partial charge in [-0.3, -0.25) is 14.2 Å². The van der Waals surface area contributed by atoms with Crippen molar-refractivity contribution in [1.29, 1.82) is 0 Å². The number of ether oxygens (including phenoxy) is 3. The lowest BCUT2D eigenvalue weighted by atomic mass is 9.95. The van der Waals surface area contributed by atoms with Crippen molar-refractivity contribution in [2.45, 2.75) is 19.9 Å². The molecular weight excluding hydrogens is 606 g/mol. The predicted molar refractivity (Wildman–Crippen MR) is 164 cm³/mol. The molecule has 10 heteroatoms. The van der Waals surface area contributed by atoms with Gasteiger partial charge in [0, 0.05) is 5.69 Å². The van der Waals surface area contributed by atoms with Crippen LogP contribution in [0.5, 0.6) is 17.2 Å².